The minimum absolute atomic E-state index is 0. The molecular weight excluding hydrogens is 335 g/mol. The fraction of sp³-hybridized carbons (Fsp3) is 0.875. The van der Waals surface area contributed by atoms with E-state index in [2.05, 4.69) is 10.2 Å². The van der Waals surface area contributed by atoms with Gasteiger partial charge in [0.05, 0.1) is 0 Å². The summed E-state index contributed by atoms with van der Waals surface area (Å²) in [4.78, 5) is 13.3. The predicted octanol–water partition coefficient (Wildman–Crippen LogP) is 2.07. The van der Waals surface area contributed by atoms with Gasteiger partial charge in [-0.2, -0.15) is 0 Å². The zero-order valence-corrected chi connectivity index (χ0v) is 17.3. The van der Waals surface area contributed by atoms with E-state index in [1.807, 2.05) is 55.1 Å². The van der Waals surface area contributed by atoms with Gasteiger partial charge in [0, 0.05) is 50.5 Å². The number of hydrogen-bond donors (Lipinski definition) is 2. The van der Waals surface area contributed by atoms with Crippen LogP contribution in [0, 0.1) is 6.42 Å². The summed E-state index contributed by atoms with van der Waals surface area (Å²) in [6.07, 6.45) is 2.44. The van der Waals surface area contributed by atoms with Gasteiger partial charge >= 0.3 is 6.09 Å². The number of fused-ring (bicyclic) bond motifs is 1. The third-order valence-electron chi connectivity index (χ3n) is 3.22. The number of ether oxygens (including phenoxy) is 2. The molecular formula is C16H35N2O4V-. The molecule has 1 saturated heterocycles. The molecule has 2 N–H and O–H groups in total. The molecule has 0 aromatic rings. The molecule has 23 heavy (non-hydrogen) atoms. The van der Waals surface area contributed by atoms with Crippen molar-refractivity contribution in [2.24, 2.45) is 0 Å². The van der Waals surface area contributed by atoms with E-state index in [4.69, 9.17) is 14.6 Å². The van der Waals surface area contributed by atoms with Crippen molar-refractivity contribution in [3.05, 3.63) is 6.42 Å². The maximum atomic E-state index is 11.1. The molecule has 0 bridgehead atoms. The van der Waals surface area contributed by atoms with E-state index in [0.29, 0.717) is 12.6 Å². The number of nitrogens with one attached hydrogen (secondary N) is 1. The van der Waals surface area contributed by atoms with Crippen molar-refractivity contribution in [2.75, 3.05) is 27.8 Å². The Balaban J connectivity index is -0.000000514. The van der Waals surface area contributed by atoms with Gasteiger partial charge < -0.3 is 24.8 Å². The van der Waals surface area contributed by atoms with E-state index in [1.165, 1.54) is 0 Å². The van der Waals surface area contributed by atoms with Crippen LogP contribution < -0.4 is 5.32 Å². The average molecular weight is 370 g/mol. The van der Waals surface area contributed by atoms with Gasteiger partial charge in [-0.25, -0.2) is 4.79 Å². The smallest absolute Gasteiger partial charge is 0.405 e. The number of hydrogen-bond acceptors (Lipinski definition) is 5. The number of likely N-dealkylation sites (N-methyl/N-ethyl adjacent to an activating group) is 1. The molecule has 1 aliphatic heterocycles. The molecule has 0 aromatic heterocycles. The number of amides is 1. The van der Waals surface area contributed by atoms with Gasteiger partial charge in [-0.3, -0.25) is 6.42 Å². The average Bonchev–Trinajstić information content (AvgIpc) is 2.91. The SMILES string of the molecule is CC.CC.CCOC1[CH-]C2OC(=O)NC2CC1N(C)C.CO.[V]. The van der Waals surface area contributed by atoms with Gasteiger partial charge in [0.1, 0.15) is 0 Å². The summed E-state index contributed by atoms with van der Waals surface area (Å²) in [6, 6.07) is 0.389. The van der Waals surface area contributed by atoms with E-state index >= 15 is 0 Å². The van der Waals surface area contributed by atoms with E-state index in [-0.39, 0.29) is 42.9 Å². The largest absolute Gasteiger partial charge is 0.477 e. The topological polar surface area (TPSA) is 71.0 Å². The molecule has 0 aromatic carbocycles. The quantitative estimate of drug-likeness (QED) is 0.745. The Morgan fingerprint density at radius 3 is 2.26 bits per heavy atom. The molecule has 139 valence electrons. The van der Waals surface area contributed by atoms with Crippen LogP contribution in [0.3, 0.4) is 0 Å². The molecule has 2 fully saturated rings. The van der Waals surface area contributed by atoms with Crippen LogP contribution in [0.15, 0.2) is 0 Å². The molecule has 6 nitrogen and oxygen atoms in total. The van der Waals surface area contributed by atoms with Gasteiger partial charge in [-0.05, 0) is 33.5 Å². The van der Waals surface area contributed by atoms with Crippen LogP contribution in [0.25, 0.3) is 0 Å². The first-order valence-electron chi connectivity index (χ1n) is 8.16. The van der Waals surface area contributed by atoms with Crippen LogP contribution in [0.2, 0.25) is 0 Å². The van der Waals surface area contributed by atoms with Gasteiger partial charge in [0.2, 0.25) is 0 Å². The zero-order valence-electron chi connectivity index (χ0n) is 15.9. The molecule has 1 amide bonds. The molecule has 4 unspecified atom stereocenters. The minimum atomic E-state index is -0.319. The Labute approximate surface area is 154 Å². The summed E-state index contributed by atoms with van der Waals surface area (Å²) in [5, 5.41) is 9.83. The standard InChI is InChI=1S/C11H19N2O3.2C2H6.CH4O.V/c1-4-15-10-6-9-7(12-11(14)16-9)5-8(10)13(2)3;3*1-2;/h6-10H,4-5H2,1-3H3,(H,12,14);2*1-2H3;2H,1H3;/q-1;;;;. The number of nitrogens with zero attached hydrogens (tertiary/aromatic N) is 1. The Hall–Kier alpha value is -0.266. The van der Waals surface area contributed by atoms with Crippen LogP contribution >= 0.6 is 0 Å². The van der Waals surface area contributed by atoms with Gasteiger partial charge in [0.25, 0.3) is 0 Å². The Morgan fingerprint density at radius 2 is 1.83 bits per heavy atom. The summed E-state index contributed by atoms with van der Waals surface area (Å²) < 4.78 is 10.8. The second-order valence-electron chi connectivity index (χ2n) is 4.50. The molecule has 1 aliphatic carbocycles. The van der Waals surface area contributed by atoms with Crippen molar-refractivity contribution < 1.29 is 37.9 Å². The monoisotopic (exact) mass is 370 g/mol. The molecule has 0 spiro atoms. The first-order chi connectivity index (χ1) is 10.6. The van der Waals surface area contributed by atoms with Crippen molar-refractivity contribution in [1.82, 2.24) is 10.2 Å². The third-order valence-corrected chi connectivity index (χ3v) is 3.22. The zero-order chi connectivity index (χ0) is 17.7. The Kier molecular flexibility index (Phi) is 19.9. The fourth-order valence-corrected chi connectivity index (χ4v) is 2.41. The number of carbonyl (C=O) groups is 1. The minimum Gasteiger partial charge on any atom is -0.477 e. The van der Waals surface area contributed by atoms with Crippen molar-refractivity contribution >= 4 is 6.09 Å². The van der Waals surface area contributed by atoms with Crippen molar-refractivity contribution in [1.29, 1.82) is 0 Å². The van der Waals surface area contributed by atoms with Crippen molar-refractivity contribution in [3.8, 4) is 0 Å². The fourth-order valence-electron chi connectivity index (χ4n) is 2.41. The normalized spacial score (nSPS) is 27.3. The van der Waals surface area contributed by atoms with Crippen molar-refractivity contribution in [2.45, 2.75) is 65.3 Å². The summed E-state index contributed by atoms with van der Waals surface area (Å²) >= 11 is 0. The molecule has 4 atom stereocenters. The second-order valence-corrected chi connectivity index (χ2v) is 4.50. The van der Waals surface area contributed by atoms with Crippen LogP contribution in [-0.2, 0) is 28.0 Å². The maximum Gasteiger partial charge on any atom is 0.405 e. The summed E-state index contributed by atoms with van der Waals surface area (Å²) in [5.74, 6) is 0. The number of alkyl carbamates (subject to hydrolysis) is 1. The number of rotatable bonds is 3. The van der Waals surface area contributed by atoms with E-state index in [9.17, 15) is 4.79 Å². The molecule has 2 rings (SSSR count). The number of carbonyl (C=O) groups excluding carboxylic acids is 1. The summed E-state index contributed by atoms with van der Waals surface area (Å²) in [6.45, 7) is 10.6. The molecule has 1 saturated carbocycles. The van der Waals surface area contributed by atoms with Gasteiger partial charge in [-0.1, -0.05) is 27.7 Å². The second kappa shape index (κ2) is 16.6. The number of aliphatic hydroxyl groups is 1. The molecule has 7 heteroatoms. The molecule has 2 aliphatic rings. The van der Waals surface area contributed by atoms with Gasteiger partial charge in [-0.15, -0.1) is 0 Å². The maximum absolute atomic E-state index is 11.1. The molecule has 1 heterocycles. The first-order valence-corrected chi connectivity index (χ1v) is 8.16. The number of aliphatic hydroxyl groups excluding tert-OH is 1. The van der Waals surface area contributed by atoms with Crippen LogP contribution in [0.4, 0.5) is 4.79 Å². The first kappa shape index (κ1) is 27.6. The van der Waals surface area contributed by atoms with Crippen molar-refractivity contribution in [3.63, 3.8) is 0 Å². The molecule has 1 radical (unpaired) electrons. The third kappa shape index (κ3) is 8.96. The van der Waals surface area contributed by atoms with Crippen LogP contribution in [0.5, 0.6) is 0 Å². The van der Waals surface area contributed by atoms with Gasteiger partial charge in [0.15, 0.2) is 0 Å². The summed E-state index contributed by atoms with van der Waals surface area (Å²) in [7, 11) is 5.06. The van der Waals surface area contributed by atoms with E-state index in [0.717, 1.165) is 13.5 Å². The van der Waals surface area contributed by atoms with Crippen LogP contribution in [0.1, 0.15) is 41.0 Å². The Morgan fingerprint density at radius 1 is 1.30 bits per heavy atom. The predicted molar refractivity (Wildman–Crippen MR) is 89.8 cm³/mol. The van der Waals surface area contributed by atoms with E-state index < -0.39 is 0 Å². The summed E-state index contributed by atoms with van der Waals surface area (Å²) in [5.41, 5.74) is 0. The Bertz CT molecular complexity index is 281. The van der Waals surface area contributed by atoms with Crippen LogP contribution in [-0.4, -0.2) is 68.2 Å². The van der Waals surface area contributed by atoms with E-state index in [1.54, 1.807) is 0 Å².